The number of amides is 1. The zero-order valence-electron chi connectivity index (χ0n) is 18.3. The average Bonchev–Trinajstić information content (AvgIpc) is 3.21. The second kappa shape index (κ2) is 11.8. The van der Waals surface area contributed by atoms with Crippen molar-refractivity contribution in [2.75, 3.05) is 19.8 Å². The summed E-state index contributed by atoms with van der Waals surface area (Å²) in [6, 6.07) is 14.9. The number of hydrogen-bond donors (Lipinski definition) is 3. The van der Waals surface area contributed by atoms with Crippen LogP contribution in [0.15, 0.2) is 83.3 Å². The molecular weight excluding hydrogens is 486 g/mol. The largest absolute Gasteiger partial charge is 0.494 e. The van der Waals surface area contributed by atoms with Gasteiger partial charge in [0.1, 0.15) is 5.75 Å². The Balaban J connectivity index is 1.95. The lowest BCUT2D eigenvalue weighted by Crippen LogP contribution is -2.52. The van der Waals surface area contributed by atoms with Crippen molar-refractivity contribution in [2.45, 2.75) is 24.5 Å². The lowest BCUT2D eigenvalue weighted by molar-refractivity contribution is -0.129. The molecular formula is C25H28BrN3O4. The van der Waals surface area contributed by atoms with Gasteiger partial charge in [-0.15, -0.1) is 13.2 Å². The van der Waals surface area contributed by atoms with Crippen molar-refractivity contribution in [3.63, 3.8) is 0 Å². The first kappa shape index (κ1) is 24.7. The molecule has 2 aromatic carbocycles. The van der Waals surface area contributed by atoms with Gasteiger partial charge in [-0.1, -0.05) is 40.2 Å². The molecule has 1 amide bonds. The van der Waals surface area contributed by atoms with Crippen LogP contribution in [0, 0.1) is 0 Å². The smallest absolute Gasteiger partial charge is 0.266 e. The molecule has 2 aromatic rings. The van der Waals surface area contributed by atoms with E-state index in [0.29, 0.717) is 31.2 Å². The number of hydrazine groups is 1. The average molecular weight is 514 g/mol. The fourth-order valence-corrected chi connectivity index (χ4v) is 3.75. The second-order valence-electron chi connectivity index (χ2n) is 7.46. The SMILES string of the molecule is C=CCNNC(=O)[C@@]1(CC=C)N=C(c2ccc(OCCCO)cc2)O[C@H]1c1ccc(Br)cc1. The standard InChI is InChI=1S/C25H28BrN3O4/c1-3-14-25(24(31)29-27-15-4-2)22(18-6-10-20(26)11-7-18)33-23(28-25)19-8-12-21(13-9-19)32-17-5-16-30/h3-4,6-13,22,27,30H,1-2,5,14-17H2,(H,29,31)/t22-,25-/m0/s1. The van der Waals surface area contributed by atoms with Crippen LogP contribution in [0.1, 0.15) is 30.1 Å². The quantitative estimate of drug-likeness (QED) is 0.227. The van der Waals surface area contributed by atoms with Crippen molar-refractivity contribution in [1.29, 1.82) is 0 Å². The van der Waals surface area contributed by atoms with Crippen LogP contribution in [-0.2, 0) is 9.53 Å². The van der Waals surface area contributed by atoms with Gasteiger partial charge in [-0.25, -0.2) is 10.4 Å². The van der Waals surface area contributed by atoms with Gasteiger partial charge in [0.15, 0.2) is 11.6 Å². The number of rotatable bonds is 12. The predicted molar refractivity (Wildman–Crippen MR) is 132 cm³/mol. The summed E-state index contributed by atoms with van der Waals surface area (Å²) in [5, 5.41) is 8.91. The molecule has 2 atom stereocenters. The van der Waals surface area contributed by atoms with E-state index in [9.17, 15) is 4.79 Å². The maximum absolute atomic E-state index is 13.4. The number of aliphatic hydroxyl groups is 1. The normalized spacial score (nSPS) is 19.3. The van der Waals surface area contributed by atoms with Crippen LogP contribution in [-0.4, -0.2) is 42.2 Å². The molecule has 7 nitrogen and oxygen atoms in total. The van der Waals surface area contributed by atoms with Crippen LogP contribution in [0.5, 0.6) is 5.75 Å². The lowest BCUT2D eigenvalue weighted by atomic mass is 9.84. The van der Waals surface area contributed by atoms with E-state index < -0.39 is 11.6 Å². The molecule has 1 heterocycles. The van der Waals surface area contributed by atoms with Gasteiger partial charge < -0.3 is 14.6 Å². The number of aliphatic hydroxyl groups excluding tert-OH is 1. The molecule has 0 radical (unpaired) electrons. The maximum Gasteiger partial charge on any atom is 0.266 e. The monoisotopic (exact) mass is 513 g/mol. The van der Waals surface area contributed by atoms with Gasteiger partial charge in [-0.05, 0) is 42.0 Å². The van der Waals surface area contributed by atoms with Crippen molar-refractivity contribution in [3.8, 4) is 5.75 Å². The highest BCUT2D eigenvalue weighted by Crippen LogP contribution is 2.42. The summed E-state index contributed by atoms with van der Waals surface area (Å²) in [5.74, 6) is 0.723. The summed E-state index contributed by atoms with van der Waals surface area (Å²) in [4.78, 5) is 18.2. The van der Waals surface area contributed by atoms with E-state index in [4.69, 9.17) is 19.6 Å². The van der Waals surface area contributed by atoms with E-state index in [0.717, 1.165) is 15.6 Å². The van der Waals surface area contributed by atoms with Crippen LogP contribution >= 0.6 is 15.9 Å². The summed E-state index contributed by atoms with van der Waals surface area (Å²) >= 11 is 3.45. The van der Waals surface area contributed by atoms with Gasteiger partial charge >= 0.3 is 0 Å². The molecule has 33 heavy (non-hydrogen) atoms. The summed E-state index contributed by atoms with van der Waals surface area (Å²) < 4.78 is 12.8. The molecule has 1 aliphatic heterocycles. The Morgan fingerprint density at radius 1 is 1.18 bits per heavy atom. The number of halogens is 1. The minimum absolute atomic E-state index is 0.0787. The van der Waals surface area contributed by atoms with Crippen molar-refractivity contribution in [1.82, 2.24) is 10.9 Å². The van der Waals surface area contributed by atoms with Crippen molar-refractivity contribution >= 4 is 27.7 Å². The molecule has 3 N–H and O–H groups in total. The molecule has 174 valence electrons. The number of carbonyl (C=O) groups is 1. The van der Waals surface area contributed by atoms with Crippen LogP contribution in [0.4, 0.5) is 0 Å². The molecule has 0 aliphatic carbocycles. The van der Waals surface area contributed by atoms with Crippen LogP contribution < -0.4 is 15.6 Å². The predicted octanol–water partition coefficient (Wildman–Crippen LogP) is 3.85. The van der Waals surface area contributed by atoms with Crippen molar-refractivity contribution in [2.24, 2.45) is 4.99 Å². The van der Waals surface area contributed by atoms with E-state index >= 15 is 0 Å². The molecule has 0 saturated heterocycles. The Bertz CT molecular complexity index is 992. The molecule has 0 bridgehead atoms. The van der Waals surface area contributed by atoms with Crippen molar-refractivity contribution in [3.05, 3.63) is 89.4 Å². The van der Waals surface area contributed by atoms with Crippen LogP contribution in [0.3, 0.4) is 0 Å². The Hall–Kier alpha value is -2.94. The summed E-state index contributed by atoms with van der Waals surface area (Å²) in [5.41, 5.74) is 5.88. The number of ether oxygens (including phenoxy) is 2. The van der Waals surface area contributed by atoms with Crippen LogP contribution in [0.2, 0.25) is 0 Å². The third-order valence-corrected chi connectivity index (χ3v) is 5.64. The second-order valence-corrected chi connectivity index (χ2v) is 8.37. The lowest BCUT2D eigenvalue weighted by Gasteiger charge is -2.29. The minimum atomic E-state index is -1.24. The number of benzene rings is 2. The number of carbonyl (C=O) groups excluding carboxylic acids is 1. The fourth-order valence-electron chi connectivity index (χ4n) is 3.48. The minimum Gasteiger partial charge on any atom is -0.494 e. The first-order chi connectivity index (χ1) is 16.0. The molecule has 0 spiro atoms. The van der Waals surface area contributed by atoms with E-state index in [2.05, 4.69) is 39.9 Å². The highest BCUT2D eigenvalue weighted by molar-refractivity contribution is 9.10. The summed E-state index contributed by atoms with van der Waals surface area (Å²) in [6.45, 7) is 8.42. The fraction of sp³-hybridized carbons (Fsp3) is 0.280. The first-order valence-electron chi connectivity index (χ1n) is 10.6. The zero-order chi connectivity index (χ0) is 23.7. The Kier molecular flexibility index (Phi) is 8.82. The topological polar surface area (TPSA) is 92.2 Å². The van der Waals surface area contributed by atoms with Gasteiger partial charge in [-0.2, -0.15) is 0 Å². The van der Waals surface area contributed by atoms with Gasteiger partial charge in [0, 0.05) is 36.0 Å². The molecule has 3 rings (SSSR count). The molecule has 0 unspecified atom stereocenters. The van der Waals surface area contributed by atoms with E-state index in [-0.39, 0.29) is 18.9 Å². The van der Waals surface area contributed by atoms with Gasteiger partial charge in [0.05, 0.1) is 6.61 Å². The summed E-state index contributed by atoms with van der Waals surface area (Å²) in [6.07, 6.45) is 3.51. The van der Waals surface area contributed by atoms with Gasteiger partial charge in [0.2, 0.25) is 5.90 Å². The molecule has 0 aromatic heterocycles. The van der Waals surface area contributed by atoms with Crippen molar-refractivity contribution < 1.29 is 19.4 Å². The highest BCUT2D eigenvalue weighted by Gasteiger charge is 2.52. The molecule has 8 heteroatoms. The van der Waals surface area contributed by atoms with E-state index in [1.54, 1.807) is 12.2 Å². The first-order valence-corrected chi connectivity index (χ1v) is 11.4. The number of aliphatic imine (C=N–C) groups is 1. The molecule has 0 fully saturated rings. The van der Waals surface area contributed by atoms with Crippen LogP contribution in [0.25, 0.3) is 0 Å². The third kappa shape index (κ3) is 5.90. The molecule has 1 aliphatic rings. The molecule has 0 saturated carbocycles. The van der Waals surface area contributed by atoms with E-state index in [1.807, 2.05) is 48.5 Å². The number of hydrogen-bond acceptors (Lipinski definition) is 6. The third-order valence-electron chi connectivity index (χ3n) is 5.11. The van der Waals surface area contributed by atoms with E-state index in [1.165, 1.54) is 0 Å². The summed E-state index contributed by atoms with van der Waals surface area (Å²) in [7, 11) is 0. The number of nitrogens with one attached hydrogen (secondary N) is 2. The van der Waals surface area contributed by atoms with Gasteiger partial charge in [-0.3, -0.25) is 10.2 Å². The van der Waals surface area contributed by atoms with Gasteiger partial charge in [0.25, 0.3) is 5.91 Å². The highest BCUT2D eigenvalue weighted by atomic mass is 79.9. The Morgan fingerprint density at radius 3 is 2.55 bits per heavy atom. The number of nitrogens with zero attached hydrogens (tertiary/aromatic N) is 1. The Labute approximate surface area is 202 Å². The Morgan fingerprint density at radius 2 is 1.91 bits per heavy atom. The maximum atomic E-state index is 13.4. The zero-order valence-corrected chi connectivity index (χ0v) is 19.9.